The van der Waals surface area contributed by atoms with Crippen molar-refractivity contribution >= 4 is 17.3 Å². The number of hydrogen-bond acceptors (Lipinski definition) is 2. The SMILES string of the molecule is CCCCC(c1cccnc1)N(CCCC)c1ccccc1Cl. The van der Waals surface area contributed by atoms with E-state index in [-0.39, 0.29) is 0 Å². The maximum atomic E-state index is 6.51. The molecule has 0 saturated heterocycles. The van der Waals surface area contributed by atoms with Crippen molar-refractivity contribution in [1.82, 2.24) is 4.98 Å². The van der Waals surface area contributed by atoms with Gasteiger partial charge in [-0.05, 0) is 36.6 Å². The van der Waals surface area contributed by atoms with Gasteiger partial charge in [-0.2, -0.15) is 0 Å². The summed E-state index contributed by atoms with van der Waals surface area (Å²) in [5.74, 6) is 0. The zero-order valence-electron chi connectivity index (χ0n) is 14.2. The minimum atomic E-state index is 0.329. The molecule has 2 aromatic rings. The number of para-hydroxylation sites is 1. The number of aromatic nitrogens is 1. The van der Waals surface area contributed by atoms with Crippen LogP contribution < -0.4 is 4.90 Å². The summed E-state index contributed by atoms with van der Waals surface area (Å²) < 4.78 is 0. The van der Waals surface area contributed by atoms with Crippen LogP contribution >= 0.6 is 11.6 Å². The summed E-state index contributed by atoms with van der Waals surface area (Å²) >= 11 is 6.51. The van der Waals surface area contributed by atoms with Gasteiger partial charge in [0.2, 0.25) is 0 Å². The summed E-state index contributed by atoms with van der Waals surface area (Å²) in [5.41, 5.74) is 2.41. The molecule has 0 aliphatic rings. The van der Waals surface area contributed by atoms with Crippen LogP contribution in [0.25, 0.3) is 0 Å². The first-order chi connectivity index (χ1) is 11.3. The van der Waals surface area contributed by atoms with Crippen molar-refractivity contribution in [3.63, 3.8) is 0 Å². The first-order valence-corrected chi connectivity index (χ1v) is 9.06. The highest BCUT2D eigenvalue weighted by Gasteiger charge is 2.22. The summed E-state index contributed by atoms with van der Waals surface area (Å²) in [7, 11) is 0. The lowest BCUT2D eigenvalue weighted by Gasteiger charge is -2.35. The van der Waals surface area contributed by atoms with Gasteiger partial charge >= 0.3 is 0 Å². The van der Waals surface area contributed by atoms with Crippen molar-refractivity contribution in [3.05, 3.63) is 59.4 Å². The fourth-order valence-electron chi connectivity index (χ4n) is 2.93. The molecule has 0 saturated carbocycles. The van der Waals surface area contributed by atoms with Gasteiger partial charge in [-0.25, -0.2) is 0 Å². The Bertz CT molecular complexity index is 571. The molecule has 0 fully saturated rings. The average molecular weight is 331 g/mol. The summed E-state index contributed by atoms with van der Waals surface area (Å²) in [6.07, 6.45) is 9.69. The smallest absolute Gasteiger partial charge is 0.0639 e. The molecule has 3 heteroatoms. The third kappa shape index (κ3) is 4.97. The molecule has 2 nitrogen and oxygen atoms in total. The molecule has 1 aromatic heterocycles. The molecule has 1 heterocycles. The van der Waals surface area contributed by atoms with Crippen molar-refractivity contribution in [2.75, 3.05) is 11.4 Å². The number of benzene rings is 1. The monoisotopic (exact) mass is 330 g/mol. The minimum absolute atomic E-state index is 0.329. The summed E-state index contributed by atoms with van der Waals surface area (Å²) in [5, 5.41) is 0.828. The Morgan fingerprint density at radius 3 is 2.48 bits per heavy atom. The van der Waals surface area contributed by atoms with Crippen LogP contribution in [-0.4, -0.2) is 11.5 Å². The second-order valence-electron chi connectivity index (χ2n) is 5.94. The molecule has 0 N–H and O–H groups in total. The highest BCUT2D eigenvalue weighted by molar-refractivity contribution is 6.33. The fourth-order valence-corrected chi connectivity index (χ4v) is 3.17. The van der Waals surface area contributed by atoms with Gasteiger partial charge < -0.3 is 4.90 Å². The molecular weight excluding hydrogens is 304 g/mol. The number of hydrogen-bond donors (Lipinski definition) is 0. The van der Waals surface area contributed by atoms with Gasteiger partial charge in [-0.3, -0.25) is 4.98 Å². The van der Waals surface area contributed by atoms with Gasteiger partial charge in [0, 0.05) is 18.9 Å². The Balaban J connectivity index is 2.37. The van der Waals surface area contributed by atoms with Gasteiger partial charge in [0.1, 0.15) is 0 Å². The van der Waals surface area contributed by atoms with Gasteiger partial charge in [0.05, 0.1) is 16.8 Å². The predicted molar refractivity (Wildman–Crippen MR) is 100 cm³/mol. The van der Waals surface area contributed by atoms with E-state index in [2.05, 4.69) is 41.9 Å². The van der Waals surface area contributed by atoms with E-state index in [1.165, 1.54) is 24.8 Å². The Morgan fingerprint density at radius 2 is 1.83 bits per heavy atom. The minimum Gasteiger partial charge on any atom is -0.363 e. The van der Waals surface area contributed by atoms with Crippen molar-refractivity contribution < 1.29 is 0 Å². The third-order valence-corrected chi connectivity index (χ3v) is 4.51. The Labute approximate surface area is 145 Å². The molecule has 0 aliphatic carbocycles. The van der Waals surface area contributed by atoms with Crippen LogP contribution in [0, 0.1) is 0 Å². The van der Waals surface area contributed by atoms with Crippen LogP contribution in [0.5, 0.6) is 0 Å². The largest absolute Gasteiger partial charge is 0.363 e. The number of nitrogens with zero attached hydrogens (tertiary/aromatic N) is 2. The van der Waals surface area contributed by atoms with Gasteiger partial charge in [-0.15, -0.1) is 0 Å². The van der Waals surface area contributed by atoms with E-state index in [1.54, 1.807) is 0 Å². The lowest BCUT2D eigenvalue weighted by atomic mass is 9.99. The third-order valence-electron chi connectivity index (χ3n) is 4.19. The summed E-state index contributed by atoms with van der Waals surface area (Å²) in [6.45, 7) is 5.49. The summed E-state index contributed by atoms with van der Waals surface area (Å²) in [4.78, 5) is 6.80. The number of unbranched alkanes of at least 4 members (excludes halogenated alkanes) is 2. The number of anilines is 1. The molecule has 1 aromatic carbocycles. The normalized spacial score (nSPS) is 12.1. The Hall–Kier alpha value is -1.54. The van der Waals surface area contributed by atoms with E-state index in [4.69, 9.17) is 11.6 Å². The van der Waals surface area contributed by atoms with Crippen molar-refractivity contribution in [2.24, 2.45) is 0 Å². The Morgan fingerprint density at radius 1 is 1.04 bits per heavy atom. The molecule has 124 valence electrons. The molecule has 2 rings (SSSR count). The zero-order valence-corrected chi connectivity index (χ0v) is 15.0. The van der Waals surface area contributed by atoms with Crippen molar-refractivity contribution in [1.29, 1.82) is 0 Å². The molecule has 23 heavy (non-hydrogen) atoms. The number of rotatable bonds is 9. The van der Waals surface area contributed by atoms with Gasteiger partial charge in [0.15, 0.2) is 0 Å². The maximum Gasteiger partial charge on any atom is 0.0639 e. The predicted octanol–water partition coefficient (Wildman–Crippen LogP) is 6.27. The van der Waals surface area contributed by atoms with Crippen LogP contribution in [0.4, 0.5) is 5.69 Å². The number of halogens is 1. The quantitative estimate of drug-likeness (QED) is 0.538. The van der Waals surface area contributed by atoms with Gasteiger partial charge in [-0.1, -0.05) is 62.9 Å². The van der Waals surface area contributed by atoms with E-state index < -0.39 is 0 Å². The average Bonchev–Trinajstić information content (AvgIpc) is 2.59. The van der Waals surface area contributed by atoms with E-state index in [1.807, 2.05) is 30.6 Å². The highest BCUT2D eigenvalue weighted by atomic mass is 35.5. The van der Waals surface area contributed by atoms with Crippen molar-refractivity contribution in [2.45, 2.75) is 52.0 Å². The standard InChI is InChI=1S/C20H27ClN2/c1-3-5-12-19(17-10-9-14-22-16-17)23(15-6-4-2)20-13-8-7-11-18(20)21/h7-11,13-14,16,19H,3-6,12,15H2,1-2H3. The van der Waals surface area contributed by atoms with E-state index in [0.717, 1.165) is 30.1 Å². The van der Waals surface area contributed by atoms with Gasteiger partial charge in [0.25, 0.3) is 0 Å². The Kier molecular flexibility index (Phi) is 7.41. The fraction of sp³-hybridized carbons (Fsp3) is 0.450. The van der Waals surface area contributed by atoms with E-state index >= 15 is 0 Å². The topological polar surface area (TPSA) is 16.1 Å². The van der Waals surface area contributed by atoms with Crippen LogP contribution in [0.1, 0.15) is 57.6 Å². The number of pyridine rings is 1. The molecule has 0 spiro atoms. The molecule has 0 amide bonds. The summed E-state index contributed by atoms with van der Waals surface area (Å²) in [6, 6.07) is 12.7. The zero-order chi connectivity index (χ0) is 16.5. The van der Waals surface area contributed by atoms with Crippen molar-refractivity contribution in [3.8, 4) is 0 Å². The lowest BCUT2D eigenvalue weighted by Crippen LogP contribution is -2.30. The first kappa shape index (κ1) is 17.8. The second kappa shape index (κ2) is 9.57. The van der Waals surface area contributed by atoms with E-state index in [9.17, 15) is 0 Å². The van der Waals surface area contributed by atoms with E-state index in [0.29, 0.717) is 6.04 Å². The molecule has 0 bridgehead atoms. The van der Waals surface area contributed by atoms with Crippen LogP contribution in [0.2, 0.25) is 5.02 Å². The second-order valence-corrected chi connectivity index (χ2v) is 6.35. The molecule has 1 unspecified atom stereocenters. The maximum absolute atomic E-state index is 6.51. The van der Waals surface area contributed by atoms with Crippen LogP contribution in [0.15, 0.2) is 48.8 Å². The first-order valence-electron chi connectivity index (χ1n) is 8.69. The molecule has 0 radical (unpaired) electrons. The van der Waals surface area contributed by atoms with Crippen LogP contribution in [0.3, 0.4) is 0 Å². The molecule has 0 aliphatic heterocycles. The molecular formula is C20H27ClN2. The lowest BCUT2D eigenvalue weighted by molar-refractivity contribution is 0.535. The van der Waals surface area contributed by atoms with Crippen LogP contribution in [-0.2, 0) is 0 Å². The molecule has 1 atom stereocenters. The highest BCUT2D eigenvalue weighted by Crippen LogP contribution is 2.35.